The number of hydrogen-bond donors (Lipinski definition) is 3. The van der Waals surface area contributed by atoms with Crippen LogP contribution in [-0.2, 0) is 10.0 Å². The van der Waals surface area contributed by atoms with Gasteiger partial charge in [-0.1, -0.05) is 17.5 Å². The lowest BCUT2D eigenvalue weighted by Crippen LogP contribution is -2.16. The van der Waals surface area contributed by atoms with Gasteiger partial charge in [0, 0.05) is 24.8 Å². The van der Waals surface area contributed by atoms with E-state index in [9.17, 15) is 17.9 Å². The van der Waals surface area contributed by atoms with Gasteiger partial charge in [0.25, 0.3) is 10.0 Å². The van der Waals surface area contributed by atoms with E-state index in [1.54, 1.807) is 22.8 Å². The van der Waals surface area contributed by atoms with Gasteiger partial charge in [-0.2, -0.15) is 5.10 Å². The third-order valence-corrected chi connectivity index (χ3v) is 7.12. The van der Waals surface area contributed by atoms with E-state index < -0.39 is 21.9 Å². The van der Waals surface area contributed by atoms with Crippen LogP contribution in [0.15, 0.2) is 59.8 Å². The van der Waals surface area contributed by atoms with Crippen LogP contribution in [0.1, 0.15) is 5.69 Å². The number of aromatic nitrogens is 4. The molecule has 5 rings (SSSR count). The number of aliphatic hydroxyl groups is 1. The first-order chi connectivity index (χ1) is 16.8. The standard InChI is InChI=1S/C23H18ClFN6O3S/c24-23-20(30-35(33,34)18-5-2-16(25)3-6-18)9-15(11-28-23)19-7-8-22-27-12-17(31(22)29-19)4-1-14-10-26-13-21(14)32/h2-3,5-9,11-12,14,21,26,30,32H,10,13H2. The van der Waals surface area contributed by atoms with Gasteiger partial charge in [-0.15, -0.1) is 0 Å². The number of β-amino-alcohol motifs (C(OH)–C–C–N with tert-alkyl or cyclic N) is 1. The summed E-state index contributed by atoms with van der Waals surface area (Å²) in [5.41, 5.74) is 2.13. The lowest BCUT2D eigenvalue weighted by molar-refractivity contribution is 0.171. The number of imidazole rings is 1. The van der Waals surface area contributed by atoms with Gasteiger partial charge in [0.15, 0.2) is 10.8 Å². The average Bonchev–Trinajstić information content (AvgIpc) is 3.44. The minimum absolute atomic E-state index is 0.0451. The van der Waals surface area contributed by atoms with Gasteiger partial charge < -0.3 is 10.4 Å². The molecule has 2 unspecified atom stereocenters. The van der Waals surface area contributed by atoms with Gasteiger partial charge in [0.05, 0.1) is 34.5 Å². The second-order valence-electron chi connectivity index (χ2n) is 7.86. The highest BCUT2D eigenvalue weighted by Crippen LogP contribution is 2.28. The first-order valence-corrected chi connectivity index (χ1v) is 12.4. The Morgan fingerprint density at radius 3 is 2.69 bits per heavy atom. The van der Waals surface area contributed by atoms with Crippen LogP contribution in [0.3, 0.4) is 0 Å². The smallest absolute Gasteiger partial charge is 0.261 e. The minimum atomic E-state index is -4.02. The number of nitrogens with zero attached hydrogens (tertiary/aromatic N) is 4. The Labute approximate surface area is 205 Å². The summed E-state index contributed by atoms with van der Waals surface area (Å²) in [6.07, 6.45) is 2.54. The highest BCUT2D eigenvalue weighted by Gasteiger charge is 2.23. The number of pyridine rings is 1. The second kappa shape index (κ2) is 9.24. The molecule has 1 aromatic carbocycles. The van der Waals surface area contributed by atoms with Crippen molar-refractivity contribution in [2.75, 3.05) is 17.8 Å². The highest BCUT2D eigenvalue weighted by molar-refractivity contribution is 7.92. The van der Waals surface area contributed by atoms with Crippen LogP contribution < -0.4 is 10.0 Å². The zero-order valence-electron chi connectivity index (χ0n) is 18.0. The first kappa shape index (κ1) is 23.2. The Balaban J connectivity index is 1.47. The second-order valence-corrected chi connectivity index (χ2v) is 9.90. The Kier molecular flexibility index (Phi) is 6.12. The van der Waals surface area contributed by atoms with Crippen molar-refractivity contribution in [2.24, 2.45) is 5.92 Å². The summed E-state index contributed by atoms with van der Waals surface area (Å²) >= 11 is 6.14. The van der Waals surface area contributed by atoms with Crippen LogP contribution in [0.5, 0.6) is 0 Å². The van der Waals surface area contributed by atoms with E-state index >= 15 is 0 Å². The molecule has 1 fully saturated rings. The van der Waals surface area contributed by atoms with Gasteiger partial charge >= 0.3 is 0 Å². The molecular formula is C23H18ClFN6O3S. The number of fused-ring (bicyclic) bond motifs is 1. The van der Waals surface area contributed by atoms with Crippen molar-refractivity contribution < 1.29 is 17.9 Å². The van der Waals surface area contributed by atoms with E-state index in [2.05, 4.69) is 36.9 Å². The van der Waals surface area contributed by atoms with E-state index in [-0.39, 0.29) is 21.7 Å². The minimum Gasteiger partial charge on any atom is -0.390 e. The first-order valence-electron chi connectivity index (χ1n) is 10.5. The molecule has 178 valence electrons. The average molecular weight is 513 g/mol. The Morgan fingerprint density at radius 1 is 1.14 bits per heavy atom. The van der Waals surface area contributed by atoms with Gasteiger partial charge in [-0.3, -0.25) is 4.72 Å². The maximum Gasteiger partial charge on any atom is 0.261 e. The van der Waals surface area contributed by atoms with Crippen molar-refractivity contribution in [3.05, 3.63) is 71.5 Å². The topological polar surface area (TPSA) is 122 Å². The summed E-state index contributed by atoms with van der Waals surface area (Å²) in [4.78, 5) is 8.27. The molecule has 1 saturated heterocycles. The van der Waals surface area contributed by atoms with E-state index in [1.807, 2.05) is 0 Å². The molecule has 1 aliphatic rings. The molecule has 1 aliphatic heterocycles. The number of hydrogen-bond acceptors (Lipinski definition) is 7. The number of aliphatic hydroxyl groups excluding tert-OH is 1. The van der Waals surface area contributed by atoms with Gasteiger partial charge in [0.1, 0.15) is 11.5 Å². The maximum atomic E-state index is 13.2. The molecule has 3 N–H and O–H groups in total. The molecular weight excluding hydrogens is 495 g/mol. The third kappa shape index (κ3) is 4.82. The van der Waals surface area contributed by atoms with Gasteiger partial charge in [0.2, 0.25) is 0 Å². The molecule has 0 aliphatic carbocycles. The normalized spacial score (nSPS) is 17.8. The van der Waals surface area contributed by atoms with Crippen LogP contribution in [0, 0.1) is 23.6 Å². The third-order valence-electron chi connectivity index (χ3n) is 5.43. The van der Waals surface area contributed by atoms with Crippen LogP contribution in [0.25, 0.3) is 16.9 Å². The summed E-state index contributed by atoms with van der Waals surface area (Å²) in [6.45, 7) is 1.11. The summed E-state index contributed by atoms with van der Waals surface area (Å²) in [5, 5.41) is 17.6. The predicted octanol–water partition coefficient (Wildman–Crippen LogP) is 2.32. The zero-order chi connectivity index (χ0) is 24.6. The summed E-state index contributed by atoms with van der Waals surface area (Å²) in [5.74, 6) is 5.35. The van der Waals surface area contributed by atoms with E-state index in [0.717, 1.165) is 24.3 Å². The maximum absolute atomic E-state index is 13.2. The fraction of sp³-hybridized carbons (Fsp3) is 0.174. The Morgan fingerprint density at radius 2 is 1.94 bits per heavy atom. The quantitative estimate of drug-likeness (QED) is 0.283. The van der Waals surface area contributed by atoms with Crippen molar-refractivity contribution in [3.63, 3.8) is 0 Å². The molecule has 0 radical (unpaired) electrons. The molecule has 0 amide bonds. The molecule has 9 nitrogen and oxygen atoms in total. The summed E-state index contributed by atoms with van der Waals surface area (Å²) in [7, 11) is -4.02. The van der Waals surface area contributed by atoms with Crippen molar-refractivity contribution >= 4 is 33.0 Å². The molecule has 4 heterocycles. The van der Waals surface area contributed by atoms with Crippen molar-refractivity contribution in [3.8, 4) is 23.1 Å². The van der Waals surface area contributed by atoms with Crippen molar-refractivity contribution in [2.45, 2.75) is 11.0 Å². The molecule has 0 saturated carbocycles. The molecule has 3 aromatic heterocycles. The number of nitrogens with one attached hydrogen (secondary N) is 2. The fourth-order valence-electron chi connectivity index (χ4n) is 3.57. The van der Waals surface area contributed by atoms with Crippen LogP contribution in [-0.4, -0.2) is 52.3 Å². The Hall–Kier alpha value is -3.56. The lowest BCUT2D eigenvalue weighted by Gasteiger charge is -2.11. The summed E-state index contributed by atoms with van der Waals surface area (Å²) in [6, 6.07) is 9.39. The predicted molar refractivity (Wildman–Crippen MR) is 128 cm³/mol. The van der Waals surface area contributed by atoms with E-state index in [1.165, 1.54) is 12.3 Å². The van der Waals surface area contributed by atoms with Crippen LogP contribution in [0.2, 0.25) is 5.15 Å². The molecule has 35 heavy (non-hydrogen) atoms. The van der Waals surface area contributed by atoms with Gasteiger partial charge in [-0.05, 0) is 48.4 Å². The number of anilines is 1. The fourth-order valence-corrected chi connectivity index (χ4v) is 4.83. The highest BCUT2D eigenvalue weighted by atomic mass is 35.5. The molecule has 0 spiro atoms. The Bertz CT molecular complexity index is 1580. The largest absolute Gasteiger partial charge is 0.390 e. The number of benzene rings is 1. The molecule has 2 atom stereocenters. The molecule has 4 aromatic rings. The number of sulfonamides is 1. The lowest BCUT2D eigenvalue weighted by atomic mass is 10.1. The molecule has 0 bridgehead atoms. The van der Waals surface area contributed by atoms with Crippen LogP contribution >= 0.6 is 11.6 Å². The number of halogens is 2. The monoisotopic (exact) mass is 512 g/mol. The van der Waals surface area contributed by atoms with Crippen LogP contribution in [0.4, 0.5) is 10.1 Å². The zero-order valence-corrected chi connectivity index (χ0v) is 19.6. The molecule has 12 heteroatoms. The van der Waals surface area contributed by atoms with Gasteiger partial charge in [-0.25, -0.2) is 27.3 Å². The summed E-state index contributed by atoms with van der Waals surface area (Å²) < 4.78 is 42.6. The van der Waals surface area contributed by atoms with Crippen molar-refractivity contribution in [1.82, 2.24) is 24.9 Å². The van der Waals surface area contributed by atoms with Crippen molar-refractivity contribution in [1.29, 1.82) is 0 Å². The SMILES string of the molecule is O=S(=O)(Nc1cc(-c2ccc3ncc(C#CC4CNCC4O)n3n2)cnc1Cl)c1ccc(F)cc1. The van der Waals surface area contributed by atoms with E-state index in [4.69, 9.17) is 11.6 Å². The number of rotatable bonds is 4. The van der Waals surface area contributed by atoms with E-state index in [0.29, 0.717) is 35.7 Å².